The van der Waals surface area contributed by atoms with E-state index in [4.69, 9.17) is 21.2 Å². The third-order valence-corrected chi connectivity index (χ3v) is 7.46. The molecule has 1 aliphatic heterocycles. The maximum Gasteiger partial charge on any atom is 0.387 e. The highest BCUT2D eigenvalue weighted by Crippen LogP contribution is 2.59. The van der Waals surface area contributed by atoms with Gasteiger partial charge in [0.1, 0.15) is 0 Å². The second-order valence-corrected chi connectivity index (χ2v) is 9.35. The van der Waals surface area contributed by atoms with Crippen LogP contribution in [0.4, 0.5) is 14.6 Å². The number of fused-ring (bicyclic) bond motifs is 1. The van der Waals surface area contributed by atoms with Crippen molar-refractivity contribution < 1.29 is 18.3 Å². The van der Waals surface area contributed by atoms with Gasteiger partial charge in [-0.3, -0.25) is 9.89 Å². The van der Waals surface area contributed by atoms with Crippen LogP contribution in [0.1, 0.15) is 37.7 Å². The number of alkyl halides is 2. The molecule has 0 amide bonds. The fourth-order valence-electron chi connectivity index (χ4n) is 5.48. The maximum atomic E-state index is 12.7. The number of nitrogens with zero attached hydrogens (tertiary/aromatic N) is 3. The molecular formula is C23H31F2N5O2. The van der Waals surface area contributed by atoms with E-state index >= 15 is 0 Å². The largest absolute Gasteiger partial charge is 0.431 e. The molecule has 2 atom stereocenters. The topological polar surface area (TPSA) is 99.0 Å². The van der Waals surface area contributed by atoms with Gasteiger partial charge in [-0.25, -0.2) is 4.98 Å². The zero-order chi connectivity index (χ0) is 22.2. The number of aliphatic imine (C=N–C) groups is 1. The summed E-state index contributed by atoms with van der Waals surface area (Å²) in [6.07, 6.45) is 9.25. The molecule has 2 heterocycles. The summed E-state index contributed by atoms with van der Waals surface area (Å²) >= 11 is 0. The summed E-state index contributed by atoms with van der Waals surface area (Å²) in [5, 5.41) is 0. The van der Waals surface area contributed by atoms with Crippen LogP contribution in [0.25, 0.3) is 5.70 Å². The monoisotopic (exact) mass is 447 g/mol. The summed E-state index contributed by atoms with van der Waals surface area (Å²) in [5.41, 5.74) is 14.0. The molecule has 7 nitrogen and oxygen atoms in total. The molecule has 4 aliphatic rings. The van der Waals surface area contributed by atoms with Gasteiger partial charge in [-0.1, -0.05) is 0 Å². The van der Waals surface area contributed by atoms with Crippen LogP contribution >= 0.6 is 0 Å². The highest BCUT2D eigenvalue weighted by Gasteiger charge is 2.58. The van der Waals surface area contributed by atoms with Gasteiger partial charge < -0.3 is 20.9 Å². The Kier molecular flexibility index (Phi) is 6.03. The zero-order valence-electron chi connectivity index (χ0n) is 18.1. The fraction of sp³-hybridized carbons (Fsp3) is 0.652. The molecule has 1 aromatic rings. The second-order valence-electron chi connectivity index (χ2n) is 9.35. The van der Waals surface area contributed by atoms with Crippen molar-refractivity contribution in [1.29, 1.82) is 0 Å². The molecule has 4 N–H and O–H groups in total. The molecule has 174 valence electrons. The van der Waals surface area contributed by atoms with Crippen LogP contribution in [0.3, 0.4) is 0 Å². The van der Waals surface area contributed by atoms with Gasteiger partial charge in [-0.15, -0.1) is 0 Å². The quantitative estimate of drug-likeness (QED) is 0.624. The Morgan fingerprint density at radius 3 is 2.59 bits per heavy atom. The first kappa shape index (κ1) is 21.6. The molecule has 1 aromatic heterocycles. The Balaban J connectivity index is 1.32. The molecule has 0 bridgehead atoms. The van der Waals surface area contributed by atoms with Crippen molar-refractivity contribution in [2.24, 2.45) is 28.5 Å². The lowest BCUT2D eigenvalue weighted by Gasteiger charge is -2.33. The molecule has 0 radical (unpaired) electrons. The Bertz CT molecular complexity index is 886. The van der Waals surface area contributed by atoms with E-state index in [0.717, 1.165) is 44.9 Å². The fourth-order valence-corrected chi connectivity index (χ4v) is 5.48. The number of nitrogen functional groups attached to an aromatic ring is 1. The van der Waals surface area contributed by atoms with Crippen molar-refractivity contribution in [1.82, 2.24) is 9.88 Å². The van der Waals surface area contributed by atoms with Crippen LogP contribution in [-0.2, 0) is 4.74 Å². The van der Waals surface area contributed by atoms with Crippen LogP contribution in [0.2, 0.25) is 0 Å². The lowest BCUT2D eigenvalue weighted by atomic mass is 9.93. The van der Waals surface area contributed by atoms with E-state index in [0.29, 0.717) is 41.1 Å². The molecule has 0 aromatic carbocycles. The molecule has 4 fully saturated rings. The summed E-state index contributed by atoms with van der Waals surface area (Å²) < 4.78 is 35.3. The van der Waals surface area contributed by atoms with Gasteiger partial charge >= 0.3 is 6.61 Å². The molecule has 1 saturated heterocycles. The summed E-state index contributed by atoms with van der Waals surface area (Å²) in [4.78, 5) is 11.6. The van der Waals surface area contributed by atoms with Crippen LogP contribution in [-0.4, -0.2) is 60.6 Å². The number of rotatable bonds is 7. The molecule has 5 rings (SSSR count). The molecular weight excluding hydrogens is 416 g/mol. The summed E-state index contributed by atoms with van der Waals surface area (Å²) in [6.45, 7) is 0.738. The number of allylic oxidation sites excluding steroid dienone is 1. The first-order valence-electron chi connectivity index (χ1n) is 11.6. The van der Waals surface area contributed by atoms with E-state index in [1.807, 2.05) is 6.08 Å². The molecule has 3 saturated carbocycles. The number of ether oxygens (including phenoxy) is 2. The summed E-state index contributed by atoms with van der Waals surface area (Å²) in [6, 6.07) is 2.43. The Morgan fingerprint density at radius 2 is 1.97 bits per heavy atom. The highest BCUT2D eigenvalue weighted by molar-refractivity contribution is 6.04. The Labute approximate surface area is 186 Å². The van der Waals surface area contributed by atoms with E-state index in [1.165, 1.54) is 31.5 Å². The van der Waals surface area contributed by atoms with E-state index in [1.54, 1.807) is 0 Å². The number of hydrogen-bond donors (Lipinski definition) is 2. The smallest absolute Gasteiger partial charge is 0.387 e. The average molecular weight is 448 g/mol. The minimum atomic E-state index is -2.97. The van der Waals surface area contributed by atoms with Gasteiger partial charge in [0.15, 0.2) is 11.6 Å². The summed E-state index contributed by atoms with van der Waals surface area (Å²) in [5.74, 6) is 1.48. The highest BCUT2D eigenvalue weighted by atomic mass is 19.3. The van der Waals surface area contributed by atoms with Crippen LogP contribution in [0, 0.1) is 17.8 Å². The van der Waals surface area contributed by atoms with Crippen LogP contribution < -0.4 is 16.2 Å². The lowest BCUT2D eigenvalue weighted by molar-refractivity contribution is -0.0495. The van der Waals surface area contributed by atoms with E-state index in [-0.39, 0.29) is 11.6 Å². The average Bonchev–Trinajstić information content (AvgIpc) is 3.23. The third-order valence-electron chi connectivity index (χ3n) is 7.46. The van der Waals surface area contributed by atoms with Crippen molar-refractivity contribution in [3.63, 3.8) is 0 Å². The van der Waals surface area contributed by atoms with Gasteiger partial charge in [-0.05, 0) is 56.1 Å². The SMILES string of the molecule is NC(=CC(=NC1CCC1)C1C2CC(N3CCOCC3)CC21)c1cnc(N)c(OC(F)F)c1. The van der Waals surface area contributed by atoms with Gasteiger partial charge in [-0.2, -0.15) is 8.78 Å². The predicted molar refractivity (Wildman–Crippen MR) is 118 cm³/mol. The van der Waals surface area contributed by atoms with Crippen molar-refractivity contribution in [3.05, 3.63) is 23.9 Å². The van der Waals surface area contributed by atoms with Gasteiger partial charge in [0, 0.05) is 48.2 Å². The number of anilines is 1. The first-order chi connectivity index (χ1) is 15.5. The minimum absolute atomic E-state index is 0.0870. The normalized spacial score (nSPS) is 31.5. The van der Waals surface area contributed by atoms with Gasteiger partial charge in [0.2, 0.25) is 0 Å². The standard InChI is InChI=1S/C23H31F2N5O2/c24-23(25)32-20-8-13(12-28-22(20)27)18(26)11-19(29-14-2-1-3-14)21-16-9-15(10-17(16)21)30-4-6-31-7-5-30/h8,11-12,14-17,21,23H,1-7,9-10,26H2,(H2,27,28). The molecule has 9 heteroatoms. The number of nitrogens with two attached hydrogens (primary N) is 2. The molecule has 32 heavy (non-hydrogen) atoms. The van der Waals surface area contributed by atoms with E-state index in [9.17, 15) is 8.78 Å². The third kappa shape index (κ3) is 4.45. The summed E-state index contributed by atoms with van der Waals surface area (Å²) in [7, 11) is 0. The van der Waals surface area contributed by atoms with Gasteiger partial charge in [0.05, 0.1) is 19.3 Å². The van der Waals surface area contributed by atoms with Crippen LogP contribution in [0.5, 0.6) is 5.75 Å². The second kappa shape index (κ2) is 8.94. The molecule has 2 unspecified atom stereocenters. The van der Waals surface area contributed by atoms with Crippen LogP contribution in [0.15, 0.2) is 23.3 Å². The number of halogens is 2. The lowest BCUT2D eigenvalue weighted by Crippen LogP contribution is -2.43. The predicted octanol–water partition coefficient (Wildman–Crippen LogP) is 2.92. The minimum Gasteiger partial charge on any atom is -0.431 e. The molecule has 0 spiro atoms. The van der Waals surface area contributed by atoms with Crippen molar-refractivity contribution in [3.8, 4) is 5.75 Å². The number of aromatic nitrogens is 1. The van der Waals surface area contributed by atoms with Crippen molar-refractivity contribution in [2.75, 3.05) is 32.0 Å². The van der Waals surface area contributed by atoms with Crippen molar-refractivity contribution in [2.45, 2.75) is 50.8 Å². The zero-order valence-corrected chi connectivity index (χ0v) is 18.1. The van der Waals surface area contributed by atoms with E-state index in [2.05, 4.69) is 14.6 Å². The van der Waals surface area contributed by atoms with Gasteiger partial charge in [0.25, 0.3) is 0 Å². The first-order valence-corrected chi connectivity index (χ1v) is 11.6. The molecule has 3 aliphatic carbocycles. The number of morpholine rings is 1. The number of pyridine rings is 1. The maximum absolute atomic E-state index is 12.7. The van der Waals surface area contributed by atoms with E-state index < -0.39 is 6.61 Å². The Morgan fingerprint density at radius 1 is 1.25 bits per heavy atom. The Hall–Kier alpha value is -2.26. The number of hydrogen-bond acceptors (Lipinski definition) is 7. The van der Waals surface area contributed by atoms with Crippen molar-refractivity contribution >= 4 is 17.2 Å².